The van der Waals surface area contributed by atoms with Crippen LogP contribution in [-0.2, 0) is 42.7 Å². The van der Waals surface area contributed by atoms with E-state index in [9.17, 15) is 20.1 Å². The number of ether oxygens (including phenoxy) is 8. The van der Waals surface area contributed by atoms with Crippen LogP contribution in [-0.4, -0.2) is 143 Å². The minimum Gasteiger partial charge on any atom is -0.394 e. The highest BCUT2D eigenvalue weighted by molar-refractivity contribution is 5.73. The molecule has 13 nitrogen and oxygen atoms in total. The summed E-state index contributed by atoms with van der Waals surface area (Å²) in [5.41, 5.74) is 0. The molecule has 1 amide bonds. The molecule has 0 spiro atoms. The molecular formula is C42H83NO12. The summed E-state index contributed by atoms with van der Waals surface area (Å²) in [5.74, 6) is -0.732. The molecule has 55 heavy (non-hydrogen) atoms. The van der Waals surface area contributed by atoms with Gasteiger partial charge < -0.3 is 58.5 Å². The predicted octanol–water partition coefficient (Wildman–Crippen LogP) is 5.72. The van der Waals surface area contributed by atoms with Crippen molar-refractivity contribution < 1.29 is 58.0 Å². The van der Waals surface area contributed by atoms with E-state index in [0.717, 1.165) is 77.0 Å². The van der Waals surface area contributed by atoms with E-state index in [1.807, 2.05) is 0 Å². The van der Waals surface area contributed by atoms with E-state index in [2.05, 4.69) is 33.0 Å². The van der Waals surface area contributed by atoms with E-state index in [1.54, 1.807) is 0 Å². The van der Waals surface area contributed by atoms with Crippen LogP contribution in [0.3, 0.4) is 0 Å². The number of hydrogen-bond donors (Lipinski definition) is 4. The average molecular weight is 794 g/mol. The lowest BCUT2D eigenvalue weighted by atomic mass is 9.97. The first kappa shape index (κ1) is 52.0. The third kappa shape index (κ3) is 26.6. The van der Waals surface area contributed by atoms with Crippen LogP contribution < -0.4 is 5.32 Å². The standard InChI is InChI=1S/C42H83NO12/c1-6-10-14-18-22-48-30-36(31-49-23-19-15-11-7-2)52-27-35(29-54-42-39(43-34(5)45)41(47)40(46)38(26-44)55-42)28-53-37(32-50-24-20-16-12-8-3)33-51-25-21-17-13-9-4/h35-42,44,46-47H,6-33H2,1-5H3,(H,43,45)/t38-,39-,40-,41-,42+/m1/s1. The maximum absolute atomic E-state index is 12.0. The Morgan fingerprint density at radius 3 is 1.33 bits per heavy atom. The number of unbranched alkanes of at least 4 members (excludes halogenated alkanes) is 12. The number of hydrogen-bond acceptors (Lipinski definition) is 12. The molecule has 5 atom stereocenters. The Hall–Kier alpha value is -0.970. The lowest BCUT2D eigenvalue weighted by molar-refractivity contribution is -0.274. The first-order valence-corrected chi connectivity index (χ1v) is 21.9. The van der Waals surface area contributed by atoms with Crippen LogP contribution in [0, 0.1) is 5.92 Å². The van der Waals surface area contributed by atoms with Gasteiger partial charge in [-0.15, -0.1) is 0 Å². The second-order valence-corrected chi connectivity index (χ2v) is 15.1. The Bertz CT molecular complexity index is 785. The number of carbonyl (C=O) groups excluding carboxylic acids is 1. The summed E-state index contributed by atoms with van der Waals surface area (Å²) in [6, 6.07) is -1.05. The maximum atomic E-state index is 12.0. The van der Waals surface area contributed by atoms with Gasteiger partial charge in [0.1, 0.15) is 36.6 Å². The molecule has 0 radical (unpaired) electrons. The van der Waals surface area contributed by atoms with E-state index in [0.29, 0.717) is 52.9 Å². The zero-order chi connectivity index (χ0) is 40.4. The molecular weight excluding hydrogens is 710 g/mol. The second-order valence-electron chi connectivity index (χ2n) is 15.1. The molecule has 0 unspecified atom stereocenters. The minimum atomic E-state index is -1.41. The molecule has 0 saturated carbocycles. The molecule has 0 aromatic rings. The largest absolute Gasteiger partial charge is 0.394 e. The lowest BCUT2D eigenvalue weighted by Crippen LogP contribution is -2.64. The highest BCUT2D eigenvalue weighted by atomic mass is 16.7. The van der Waals surface area contributed by atoms with Crippen molar-refractivity contribution in [3.63, 3.8) is 0 Å². The van der Waals surface area contributed by atoms with Gasteiger partial charge >= 0.3 is 0 Å². The molecule has 0 aromatic heterocycles. The Morgan fingerprint density at radius 1 is 0.582 bits per heavy atom. The third-order valence-corrected chi connectivity index (χ3v) is 9.67. The Morgan fingerprint density at radius 2 is 0.982 bits per heavy atom. The van der Waals surface area contributed by atoms with Gasteiger partial charge in [0.05, 0.1) is 52.9 Å². The van der Waals surface area contributed by atoms with Gasteiger partial charge in [-0.3, -0.25) is 4.79 Å². The third-order valence-electron chi connectivity index (χ3n) is 9.67. The monoisotopic (exact) mass is 794 g/mol. The van der Waals surface area contributed by atoms with Gasteiger partial charge in [0.2, 0.25) is 5.91 Å². The van der Waals surface area contributed by atoms with Gasteiger partial charge in [-0.05, 0) is 25.7 Å². The quantitative estimate of drug-likeness (QED) is 0.0561. The fourth-order valence-corrected chi connectivity index (χ4v) is 6.20. The van der Waals surface area contributed by atoms with Crippen molar-refractivity contribution in [2.75, 3.05) is 79.3 Å². The van der Waals surface area contributed by atoms with E-state index >= 15 is 0 Å². The molecule has 1 aliphatic heterocycles. The van der Waals surface area contributed by atoms with E-state index in [-0.39, 0.29) is 37.9 Å². The summed E-state index contributed by atoms with van der Waals surface area (Å²) in [5, 5.41) is 33.8. The topological polar surface area (TPSA) is 164 Å². The van der Waals surface area contributed by atoms with E-state index in [4.69, 9.17) is 37.9 Å². The van der Waals surface area contributed by atoms with Gasteiger partial charge in [0.25, 0.3) is 0 Å². The Labute approximate surface area is 334 Å². The number of amides is 1. The summed E-state index contributed by atoms with van der Waals surface area (Å²) in [6.07, 6.45) is 12.3. The SMILES string of the molecule is CCCCCCOCC(COCCCCCC)OCC(COC(COCCCCCC)COCCCCCC)CO[C@H]1O[C@H](CO)[C@@H](O)[C@H](O)[C@H]1NC(C)=O. The second kappa shape index (κ2) is 36.1. The molecule has 13 heteroatoms. The van der Waals surface area contributed by atoms with Gasteiger partial charge in [-0.1, -0.05) is 105 Å². The highest BCUT2D eigenvalue weighted by Crippen LogP contribution is 2.23. The molecule has 1 aliphatic rings. The van der Waals surface area contributed by atoms with Gasteiger partial charge in [0.15, 0.2) is 6.29 Å². The van der Waals surface area contributed by atoms with Crippen molar-refractivity contribution in [2.45, 2.75) is 180 Å². The van der Waals surface area contributed by atoms with Crippen LogP contribution in [0.5, 0.6) is 0 Å². The van der Waals surface area contributed by atoms with Crippen LogP contribution in [0.25, 0.3) is 0 Å². The molecule has 1 saturated heterocycles. The van der Waals surface area contributed by atoms with E-state index in [1.165, 1.54) is 32.6 Å². The normalized spacial score (nSPS) is 20.3. The summed E-state index contributed by atoms with van der Waals surface area (Å²) < 4.78 is 49.2. The van der Waals surface area contributed by atoms with Gasteiger partial charge in [0, 0.05) is 39.3 Å². The molecule has 0 bridgehead atoms. The molecule has 4 N–H and O–H groups in total. The zero-order valence-corrected chi connectivity index (χ0v) is 35.4. The molecule has 0 aliphatic carbocycles. The molecule has 1 fully saturated rings. The van der Waals surface area contributed by atoms with E-state index < -0.39 is 43.2 Å². The number of rotatable bonds is 39. The Kier molecular flexibility index (Phi) is 34.2. The predicted molar refractivity (Wildman–Crippen MR) is 214 cm³/mol. The van der Waals surface area contributed by atoms with Crippen molar-refractivity contribution >= 4 is 5.91 Å². The summed E-state index contributed by atoms with van der Waals surface area (Å²) in [7, 11) is 0. The summed E-state index contributed by atoms with van der Waals surface area (Å²) >= 11 is 0. The highest BCUT2D eigenvalue weighted by Gasteiger charge is 2.45. The Balaban J connectivity index is 3.08. The molecule has 328 valence electrons. The van der Waals surface area contributed by atoms with Gasteiger partial charge in [-0.2, -0.15) is 0 Å². The van der Waals surface area contributed by atoms with Crippen molar-refractivity contribution in [3.8, 4) is 0 Å². The van der Waals surface area contributed by atoms with Crippen LogP contribution >= 0.6 is 0 Å². The fourth-order valence-electron chi connectivity index (χ4n) is 6.20. The first-order chi connectivity index (χ1) is 26.8. The van der Waals surface area contributed by atoms with Crippen molar-refractivity contribution in [3.05, 3.63) is 0 Å². The van der Waals surface area contributed by atoms with Crippen LogP contribution in [0.1, 0.15) is 137 Å². The number of aliphatic hydroxyl groups is 3. The molecule has 1 rings (SSSR count). The lowest BCUT2D eigenvalue weighted by Gasteiger charge is -2.42. The van der Waals surface area contributed by atoms with Crippen LogP contribution in [0.15, 0.2) is 0 Å². The average Bonchev–Trinajstić information content (AvgIpc) is 3.18. The first-order valence-electron chi connectivity index (χ1n) is 21.9. The number of nitrogens with one attached hydrogen (secondary N) is 1. The number of aliphatic hydroxyl groups excluding tert-OH is 3. The minimum absolute atomic E-state index is 0.0760. The molecule has 1 heterocycles. The molecule has 0 aromatic carbocycles. The fraction of sp³-hybridized carbons (Fsp3) is 0.976. The maximum Gasteiger partial charge on any atom is 0.217 e. The number of carbonyl (C=O) groups is 1. The van der Waals surface area contributed by atoms with Crippen LogP contribution in [0.4, 0.5) is 0 Å². The summed E-state index contributed by atoms with van der Waals surface area (Å²) in [6.45, 7) is 14.3. The van der Waals surface area contributed by atoms with Crippen molar-refractivity contribution in [1.29, 1.82) is 0 Å². The zero-order valence-electron chi connectivity index (χ0n) is 35.4. The smallest absolute Gasteiger partial charge is 0.217 e. The van der Waals surface area contributed by atoms with Crippen LogP contribution in [0.2, 0.25) is 0 Å². The van der Waals surface area contributed by atoms with Crippen molar-refractivity contribution in [2.24, 2.45) is 5.92 Å². The van der Waals surface area contributed by atoms with Crippen molar-refractivity contribution in [1.82, 2.24) is 5.32 Å². The summed E-state index contributed by atoms with van der Waals surface area (Å²) in [4.78, 5) is 12.0. The van der Waals surface area contributed by atoms with Gasteiger partial charge in [-0.25, -0.2) is 0 Å².